The number of carbonyl (C=O) groups excluding carboxylic acids is 1. The van der Waals surface area contributed by atoms with Gasteiger partial charge in [0.1, 0.15) is 12.4 Å². The second-order valence-electron chi connectivity index (χ2n) is 8.38. The zero-order valence-corrected chi connectivity index (χ0v) is 20.3. The molecule has 0 unspecified atom stereocenters. The number of anilines is 1. The van der Waals surface area contributed by atoms with Crippen molar-refractivity contribution in [3.8, 4) is 17.0 Å². The SMILES string of the molecule is COC1CCN(CCOc2ccc(NC(=O)c3ccc(F)c(F)c3)cc2-c2c(Cl)cnn2C)CC1. The minimum atomic E-state index is -1.09. The molecule has 4 rings (SSSR count). The lowest BCUT2D eigenvalue weighted by molar-refractivity contribution is 0.0375. The number of hydrogen-bond donors (Lipinski definition) is 1. The number of likely N-dealkylation sites (tertiary alicyclic amines) is 1. The molecule has 0 bridgehead atoms. The predicted octanol–water partition coefficient (Wildman–Crippen LogP) is 4.76. The standard InChI is InChI=1S/C25H27ClF2N4O3/c1-31-24(20(26)15-29-31)19-14-17(30-25(33)16-3-5-21(27)22(28)13-16)4-6-23(19)35-12-11-32-9-7-18(34-2)8-10-32/h3-6,13-15,18H,7-12H2,1-2H3,(H,30,33). The highest BCUT2D eigenvalue weighted by Gasteiger charge is 2.20. The highest BCUT2D eigenvalue weighted by atomic mass is 35.5. The van der Waals surface area contributed by atoms with E-state index in [1.165, 1.54) is 12.3 Å². The summed E-state index contributed by atoms with van der Waals surface area (Å²) in [6.45, 7) is 3.15. The van der Waals surface area contributed by atoms with Crippen LogP contribution >= 0.6 is 11.6 Å². The van der Waals surface area contributed by atoms with Crippen molar-refractivity contribution in [1.29, 1.82) is 0 Å². The van der Waals surface area contributed by atoms with Crippen LogP contribution in [0.15, 0.2) is 42.6 Å². The van der Waals surface area contributed by atoms with Gasteiger partial charge in [0.25, 0.3) is 5.91 Å². The van der Waals surface area contributed by atoms with E-state index in [2.05, 4.69) is 15.3 Å². The van der Waals surface area contributed by atoms with E-state index in [-0.39, 0.29) is 5.56 Å². The Kier molecular flexibility index (Phi) is 8.00. The molecule has 1 amide bonds. The summed E-state index contributed by atoms with van der Waals surface area (Å²) in [6, 6.07) is 8.15. The summed E-state index contributed by atoms with van der Waals surface area (Å²) in [6.07, 6.45) is 3.85. The summed E-state index contributed by atoms with van der Waals surface area (Å²) in [7, 11) is 3.51. The molecule has 1 aliphatic rings. The van der Waals surface area contributed by atoms with Gasteiger partial charge in [-0.15, -0.1) is 0 Å². The van der Waals surface area contributed by atoms with Gasteiger partial charge in [-0.2, -0.15) is 5.10 Å². The smallest absolute Gasteiger partial charge is 0.255 e. The summed E-state index contributed by atoms with van der Waals surface area (Å²) in [5.41, 5.74) is 1.73. The molecular weight excluding hydrogens is 478 g/mol. The van der Waals surface area contributed by atoms with Crippen LogP contribution < -0.4 is 10.1 Å². The second-order valence-corrected chi connectivity index (χ2v) is 8.79. The normalized spacial score (nSPS) is 14.8. The van der Waals surface area contributed by atoms with Crippen LogP contribution in [0.1, 0.15) is 23.2 Å². The molecule has 0 spiro atoms. The van der Waals surface area contributed by atoms with Crippen LogP contribution in [0.25, 0.3) is 11.3 Å². The molecule has 0 saturated carbocycles. The number of halogens is 3. The maximum Gasteiger partial charge on any atom is 0.255 e. The van der Waals surface area contributed by atoms with Crippen molar-refractivity contribution in [3.05, 3.63) is 64.8 Å². The lowest BCUT2D eigenvalue weighted by Crippen LogP contribution is -2.38. The highest BCUT2D eigenvalue weighted by Crippen LogP contribution is 2.36. The number of rotatable bonds is 8. The zero-order chi connectivity index (χ0) is 24.9. The number of nitrogens with one attached hydrogen (secondary N) is 1. The fourth-order valence-corrected chi connectivity index (χ4v) is 4.39. The van der Waals surface area contributed by atoms with E-state index < -0.39 is 17.5 Å². The molecule has 10 heteroatoms. The summed E-state index contributed by atoms with van der Waals surface area (Å²) in [5, 5.41) is 7.35. The van der Waals surface area contributed by atoms with Gasteiger partial charge in [0, 0.05) is 50.6 Å². The lowest BCUT2D eigenvalue weighted by atomic mass is 10.1. The van der Waals surface area contributed by atoms with Gasteiger partial charge in [-0.25, -0.2) is 8.78 Å². The first-order valence-corrected chi connectivity index (χ1v) is 11.7. The molecular formula is C25H27ClF2N4O3. The molecule has 186 valence electrons. The van der Waals surface area contributed by atoms with Crippen LogP contribution in [0.4, 0.5) is 14.5 Å². The van der Waals surface area contributed by atoms with E-state index in [9.17, 15) is 13.6 Å². The van der Waals surface area contributed by atoms with Gasteiger partial charge >= 0.3 is 0 Å². The maximum absolute atomic E-state index is 13.6. The van der Waals surface area contributed by atoms with E-state index >= 15 is 0 Å². The number of ether oxygens (including phenoxy) is 2. The second kappa shape index (κ2) is 11.2. The number of nitrogens with zero attached hydrogens (tertiary/aromatic N) is 3. The van der Waals surface area contributed by atoms with Gasteiger partial charge < -0.3 is 14.8 Å². The third-order valence-electron chi connectivity index (χ3n) is 6.10. The Hall–Kier alpha value is -3.01. The van der Waals surface area contributed by atoms with Gasteiger partial charge in [-0.3, -0.25) is 14.4 Å². The first kappa shape index (κ1) is 25.1. The Morgan fingerprint density at radius 2 is 1.94 bits per heavy atom. The van der Waals surface area contributed by atoms with E-state index in [4.69, 9.17) is 21.1 Å². The molecule has 1 aromatic heterocycles. The topological polar surface area (TPSA) is 68.6 Å². The number of piperidine rings is 1. The average Bonchev–Trinajstić information content (AvgIpc) is 3.19. The first-order chi connectivity index (χ1) is 16.9. The van der Waals surface area contributed by atoms with Crippen LogP contribution in [0.5, 0.6) is 5.75 Å². The number of benzene rings is 2. The van der Waals surface area contributed by atoms with Crippen molar-refractivity contribution in [1.82, 2.24) is 14.7 Å². The molecule has 7 nitrogen and oxygen atoms in total. The zero-order valence-electron chi connectivity index (χ0n) is 19.6. The molecule has 1 saturated heterocycles. The first-order valence-electron chi connectivity index (χ1n) is 11.3. The average molecular weight is 505 g/mol. The number of methoxy groups -OCH3 is 1. The highest BCUT2D eigenvalue weighted by molar-refractivity contribution is 6.33. The van der Waals surface area contributed by atoms with E-state index in [1.807, 2.05) is 0 Å². The number of amides is 1. The number of hydrogen-bond acceptors (Lipinski definition) is 5. The molecule has 1 fully saturated rings. The van der Waals surface area contributed by atoms with Gasteiger partial charge in [0.2, 0.25) is 0 Å². The Bertz CT molecular complexity index is 1180. The Balaban J connectivity index is 1.51. The van der Waals surface area contributed by atoms with E-state index in [1.54, 1.807) is 37.0 Å². The maximum atomic E-state index is 13.6. The Morgan fingerprint density at radius 3 is 2.60 bits per heavy atom. The predicted molar refractivity (Wildman–Crippen MR) is 130 cm³/mol. The molecule has 3 aromatic rings. The number of carbonyl (C=O) groups is 1. The van der Waals surface area contributed by atoms with Crippen molar-refractivity contribution < 1.29 is 23.0 Å². The van der Waals surface area contributed by atoms with Crippen molar-refractivity contribution in [2.75, 3.05) is 38.7 Å². The van der Waals surface area contributed by atoms with Crippen molar-refractivity contribution >= 4 is 23.2 Å². The minimum absolute atomic E-state index is 0.00147. The van der Waals surface area contributed by atoms with Crippen molar-refractivity contribution in [2.24, 2.45) is 7.05 Å². The van der Waals surface area contributed by atoms with E-state index in [0.717, 1.165) is 44.6 Å². The van der Waals surface area contributed by atoms with Gasteiger partial charge in [0.15, 0.2) is 11.6 Å². The summed E-state index contributed by atoms with van der Waals surface area (Å²) >= 11 is 6.40. The summed E-state index contributed by atoms with van der Waals surface area (Å²) in [4.78, 5) is 14.9. The third-order valence-corrected chi connectivity index (χ3v) is 6.38. The van der Waals surface area contributed by atoms with Crippen LogP contribution in [0, 0.1) is 11.6 Å². The quantitative estimate of drug-likeness (QED) is 0.479. The largest absolute Gasteiger partial charge is 0.492 e. The van der Waals surface area contributed by atoms with Crippen molar-refractivity contribution in [3.63, 3.8) is 0 Å². The summed E-state index contributed by atoms with van der Waals surface area (Å²) < 4.78 is 40.0. The molecule has 2 aromatic carbocycles. The van der Waals surface area contributed by atoms with Crippen molar-refractivity contribution in [2.45, 2.75) is 18.9 Å². The molecule has 0 aliphatic carbocycles. The molecule has 0 radical (unpaired) electrons. The van der Waals surface area contributed by atoms with Crippen LogP contribution in [-0.2, 0) is 11.8 Å². The Labute approximate surface area is 207 Å². The fraction of sp³-hybridized carbons (Fsp3) is 0.360. The van der Waals surface area contributed by atoms with Gasteiger partial charge in [-0.05, 0) is 49.2 Å². The summed E-state index contributed by atoms with van der Waals surface area (Å²) in [5.74, 6) is -2.08. The number of aromatic nitrogens is 2. The molecule has 35 heavy (non-hydrogen) atoms. The van der Waals surface area contributed by atoms with Gasteiger partial charge in [0.05, 0.1) is 23.0 Å². The molecule has 1 N–H and O–H groups in total. The molecule has 1 aliphatic heterocycles. The lowest BCUT2D eigenvalue weighted by Gasteiger charge is -2.31. The Morgan fingerprint density at radius 1 is 1.17 bits per heavy atom. The van der Waals surface area contributed by atoms with E-state index in [0.29, 0.717) is 40.4 Å². The fourth-order valence-electron chi connectivity index (χ4n) is 4.13. The van der Waals surface area contributed by atoms with Crippen LogP contribution in [0.3, 0.4) is 0 Å². The number of aryl methyl sites for hydroxylation is 1. The van der Waals surface area contributed by atoms with Crippen LogP contribution in [-0.4, -0.2) is 60.0 Å². The molecule has 0 atom stereocenters. The molecule has 2 heterocycles. The van der Waals surface area contributed by atoms with Crippen LogP contribution in [0.2, 0.25) is 5.02 Å². The monoisotopic (exact) mass is 504 g/mol. The van der Waals surface area contributed by atoms with Gasteiger partial charge in [-0.1, -0.05) is 11.6 Å². The minimum Gasteiger partial charge on any atom is -0.492 e. The third kappa shape index (κ3) is 5.98.